The molecule has 0 spiro atoms. The molecule has 1 fully saturated rings. The number of halogens is 3. The Morgan fingerprint density at radius 3 is 2.33 bits per heavy atom. The molecule has 9 heteroatoms. The van der Waals surface area contributed by atoms with Crippen molar-refractivity contribution in [2.45, 2.75) is 26.1 Å². The number of piperazine rings is 1. The van der Waals surface area contributed by atoms with Crippen LogP contribution < -0.4 is 10.5 Å². The molecular formula is C24H24F3N5O. The van der Waals surface area contributed by atoms with Gasteiger partial charge in [-0.2, -0.15) is 13.2 Å². The number of fused-ring (bicyclic) bond motifs is 3. The van der Waals surface area contributed by atoms with Crippen LogP contribution >= 0.6 is 0 Å². The maximum Gasteiger partial charge on any atom is 0.418 e. The monoisotopic (exact) mass is 455 g/mol. The van der Waals surface area contributed by atoms with Crippen molar-refractivity contribution >= 4 is 27.5 Å². The van der Waals surface area contributed by atoms with Crippen molar-refractivity contribution in [2.24, 2.45) is 0 Å². The molecule has 0 saturated carbocycles. The molecule has 4 aromatic rings. The zero-order valence-corrected chi connectivity index (χ0v) is 18.4. The molecule has 3 heterocycles. The van der Waals surface area contributed by atoms with E-state index in [0.29, 0.717) is 48.9 Å². The molecule has 33 heavy (non-hydrogen) atoms. The minimum Gasteiger partial charge on any atom is -0.368 e. The van der Waals surface area contributed by atoms with Gasteiger partial charge in [0.15, 0.2) is 0 Å². The van der Waals surface area contributed by atoms with Crippen LogP contribution in [0.5, 0.6) is 0 Å². The SMILES string of the molecule is CC(C)N1CCN(c2cc3ncc4c(=O)n(-c5ccccc5)[nH]c4c3cc2C(F)(F)F)CC1. The number of benzene rings is 2. The standard InChI is InChI=1S/C24H24F3N5O/c1-15(2)30-8-10-31(11-9-30)21-13-20-17(12-19(21)24(25,26)27)22-18(14-28-20)23(33)32(29-22)16-6-4-3-5-7-16/h3-7,12-15,29H,8-11H2,1-2H3. The lowest BCUT2D eigenvalue weighted by Gasteiger charge is -2.39. The van der Waals surface area contributed by atoms with Gasteiger partial charge in [0, 0.05) is 43.8 Å². The smallest absolute Gasteiger partial charge is 0.368 e. The van der Waals surface area contributed by atoms with Gasteiger partial charge >= 0.3 is 6.18 Å². The second kappa shape index (κ2) is 7.91. The Hall–Kier alpha value is -3.33. The minimum absolute atomic E-state index is 0.134. The van der Waals surface area contributed by atoms with Crippen LogP contribution in [0.4, 0.5) is 18.9 Å². The van der Waals surface area contributed by atoms with E-state index in [1.54, 1.807) is 29.2 Å². The third kappa shape index (κ3) is 3.76. The highest BCUT2D eigenvalue weighted by Crippen LogP contribution is 2.40. The molecule has 1 saturated heterocycles. The summed E-state index contributed by atoms with van der Waals surface area (Å²) in [5.74, 6) is 0. The molecular weight excluding hydrogens is 431 g/mol. The Kier molecular flexibility index (Phi) is 5.16. The molecule has 1 N–H and O–H groups in total. The van der Waals surface area contributed by atoms with Crippen LogP contribution in [0.25, 0.3) is 27.5 Å². The predicted molar refractivity (Wildman–Crippen MR) is 123 cm³/mol. The van der Waals surface area contributed by atoms with Gasteiger partial charge in [-0.05, 0) is 38.1 Å². The average molecular weight is 455 g/mol. The first-order valence-corrected chi connectivity index (χ1v) is 10.9. The summed E-state index contributed by atoms with van der Waals surface area (Å²) in [7, 11) is 0. The van der Waals surface area contributed by atoms with E-state index < -0.39 is 11.7 Å². The first kappa shape index (κ1) is 21.5. The van der Waals surface area contributed by atoms with Crippen LogP contribution in [-0.4, -0.2) is 51.9 Å². The highest BCUT2D eigenvalue weighted by atomic mass is 19.4. The fourth-order valence-corrected chi connectivity index (χ4v) is 4.52. The number of hydrogen-bond donors (Lipinski definition) is 1. The van der Waals surface area contributed by atoms with E-state index in [0.717, 1.165) is 6.07 Å². The Morgan fingerprint density at radius 1 is 1.00 bits per heavy atom. The molecule has 0 unspecified atom stereocenters. The zero-order chi connectivity index (χ0) is 23.3. The molecule has 1 aliphatic rings. The number of hydrogen-bond acceptors (Lipinski definition) is 4. The largest absolute Gasteiger partial charge is 0.418 e. The number of nitrogens with one attached hydrogen (secondary N) is 1. The summed E-state index contributed by atoms with van der Waals surface area (Å²) in [6.45, 7) is 6.60. The highest BCUT2D eigenvalue weighted by molar-refractivity contribution is 6.04. The molecule has 5 rings (SSSR count). The lowest BCUT2D eigenvalue weighted by Crippen LogP contribution is -2.49. The van der Waals surface area contributed by atoms with Crippen molar-refractivity contribution in [3.05, 3.63) is 64.6 Å². The second-order valence-electron chi connectivity index (χ2n) is 8.64. The molecule has 0 bridgehead atoms. The van der Waals surface area contributed by atoms with Gasteiger partial charge in [0.25, 0.3) is 5.56 Å². The first-order chi connectivity index (χ1) is 15.7. The predicted octanol–water partition coefficient (Wildman–Crippen LogP) is 4.42. The van der Waals surface area contributed by atoms with Crippen LogP contribution in [0, 0.1) is 0 Å². The fraction of sp³-hybridized carbons (Fsp3) is 0.333. The summed E-state index contributed by atoms with van der Waals surface area (Å²) < 4.78 is 43.8. The molecule has 1 aliphatic heterocycles. The number of aromatic amines is 1. The van der Waals surface area contributed by atoms with Crippen LogP contribution in [0.15, 0.2) is 53.5 Å². The normalized spacial score (nSPS) is 15.8. The fourth-order valence-electron chi connectivity index (χ4n) is 4.52. The number of anilines is 1. The zero-order valence-electron chi connectivity index (χ0n) is 18.4. The third-order valence-electron chi connectivity index (χ3n) is 6.35. The van der Waals surface area contributed by atoms with Crippen molar-refractivity contribution in [2.75, 3.05) is 31.1 Å². The van der Waals surface area contributed by atoms with Gasteiger partial charge in [-0.3, -0.25) is 19.8 Å². The molecule has 172 valence electrons. The maximum absolute atomic E-state index is 14.2. The molecule has 0 amide bonds. The van der Waals surface area contributed by atoms with Gasteiger partial charge in [-0.15, -0.1) is 0 Å². The van der Waals surface area contributed by atoms with E-state index >= 15 is 0 Å². The minimum atomic E-state index is -4.54. The Balaban J connectivity index is 1.66. The molecule has 0 aliphatic carbocycles. The molecule has 2 aromatic heterocycles. The summed E-state index contributed by atoms with van der Waals surface area (Å²) in [6.07, 6.45) is -3.10. The first-order valence-electron chi connectivity index (χ1n) is 10.9. The number of aromatic nitrogens is 3. The summed E-state index contributed by atoms with van der Waals surface area (Å²) in [5.41, 5.74) is 0.426. The van der Waals surface area contributed by atoms with Crippen LogP contribution in [0.3, 0.4) is 0 Å². The van der Waals surface area contributed by atoms with Gasteiger partial charge in [0.1, 0.15) is 0 Å². The third-order valence-corrected chi connectivity index (χ3v) is 6.35. The van der Waals surface area contributed by atoms with Crippen LogP contribution in [0.1, 0.15) is 19.4 Å². The number of rotatable bonds is 3. The molecule has 0 radical (unpaired) electrons. The number of H-pyrrole nitrogens is 1. The molecule has 6 nitrogen and oxygen atoms in total. The number of para-hydroxylation sites is 1. The van der Waals surface area contributed by atoms with E-state index in [2.05, 4.69) is 28.8 Å². The topological polar surface area (TPSA) is 57.2 Å². The van der Waals surface area contributed by atoms with E-state index in [1.807, 2.05) is 6.07 Å². The summed E-state index contributed by atoms with van der Waals surface area (Å²) >= 11 is 0. The lowest BCUT2D eigenvalue weighted by molar-refractivity contribution is -0.137. The molecule has 0 atom stereocenters. The summed E-state index contributed by atoms with van der Waals surface area (Å²) in [4.78, 5) is 21.3. The summed E-state index contributed by atoms with van der Waals surface area (Å²) in [6, 6.07) is 11.9. The molecule has 2 aromatic carbocycles. The van der Waals surface area contributed by atoms with Crippen LogP contribution in [0.2, 0.25) is 0 Å². The van der Waals surface area contributed by atoms with Crippen LogP contribution in [-0.2, 0) is 6.18 Å². The van der Waals surface area contributed by atoms with Crippen molar-refractivity contribution in [3.8, 4) is 5.69 Å². The van der Waals surface area contributed by atoms with Crippen molar-refractivity contribution < 1.29 is 13.2 Å². The van der Waals surface area contributed by atoms with Gasteiger partial charge in [-0.25, -0.2) is 4.68 Å². The van der Waals surface area contributed by atoms with Gasteiger partial charge in [0.2, 0.25) is 0 Å². The Labute approximate surface area is 188 Å². The van der Waals surface area contributed by atoms with E-state index in [1.165, 1.54) is 16.9 Å². The van der Waals surface area contributed by atoms with E-state index in [4.69, 9.17) is 0 Å². The average Bonchev–Trinajstić information content (AvgIpc) is 3.15. The van der Waals surface area contributed by atoms with Crippen molar-refractivity contribution in [1.29, 1.82) is 0 Å². The van der Waals surface area contributed by atoms with Gasteiger partial charge in [0.05, 0.1) is 33.4 Å². The number of nitrogens with zero attached hydrogens (tertiary/aromatic N) is 4. The maximum atomic E-state index is 14.2. The van der Waals surface area contributed by atoms with Gasteiger partial charge in [-0.1, -0.05) is 18.2 Å². The van der Waals surface area contributed by atoms with E-state index in [9.17, 15) is 18.0 Å². The lowest BCUT2D eigenvalue weighted by atomic mass is 10.0. The quantitative estimate of drug-likeness (QED) is 0.497. The van der Waals surface area contributed by atoms with Crippen molar-refractivity contribution in [1.82, 2.24) is 19.7 Å². The van der Waals surface area contributed by atoms with E-state index in [-0.39, 0.29) is 22.0 Å². The van der Waals surface area contributed by atoms with Gasteiger partial charge < -0.3 is 4.90 Å². The Morgan fingerprint density at radius 2 is 1.70 bits per heavy atom. The summed E-state index contributed by atoms with van der Waals surface area (Å²) in [5, 5.41) is 3.52. The van der Waals surface area contributed by atoms with Crippen molar-refractivity contribution in [3.63, 3.8) is 0 Å². The number of alkyl halides is 3. The second-order valence-corrected chi connectivity index (χ2v) is 8.64. The number of pyridine rings is 1. The Bertz CT molecular complexity index is 1370. The highest BCUT2D eigenvalue weighted by Gasteiger charge is 2.36.